The Kier molecular flexibility index (Phi) is 6.62. The van der Waals surface area contributed by atoms with Crippen molar-refractivity contribution < 1.29 is 14.6 Å². The van der Waals surface area contributed by atoms with Gasteiger partial charge in [-0.3, -0.25) is 19.1 Å². The van der Waals surface area contributed by atoms with Crippen LogP contribution >= 0.6 is 0 Å². The number of para-hydroxylation sites is 1. The molecule has 176 valence electrons. The molecule has 3 aromatic rings. The number of nitrogens with zero attached hydrogens (tertiary/aromatic N) is 3. The number of rotatable bonds is 7. The Hall–Kier alpha value is -4.14. The van der Waals surface area contributed by atoms with Gasteiger partial charge < -0.3 is 9.84 Å². The molecule has 1 aliphatic heterocycles. The topological polar surface area (TPSA) is 117 Å². The van der Waals surface area contributed by atoms with Crippen LogP contribution in [0.15, 0.2) is 69.3 Å². The second-order valence-electron chi connectivity index (χ2n) is 7.86. The number of hydrogen-bond acceptors (Lipinski definition) is 6. The van der Waals surface area contributed by atoms with Crippen LogP contribution in [0, 0.1) is 0 Å². The van der Waals surface area contributed by atoms with Crippen molar-refractivity contribution in [2.75, 3.05) is 6.61 Å². The van der Waals surface area contributed by atoms with E-state index in [1.807, 2.05) is 61.5 Å². The molecule has 0 spiro atoms. The van der Waals surface area contributed by atoms with Gasteiger partial charge in [-0.2, -0.15) is 5.10 Å². The van der Waals surface area contributed by atoms with Gasteiger partial charge in [0.25, 0.3) is 5.56 Å². The standard InChI is InChI=1S/C25H26N4O5/c1-3-21(30)29-19(17-12-8-9-13-20(17)34-4-2)14-18(27-29)22-23(31)26-25(33)28(24(22)32)15-16-10-6-5-7-11-16/h5-13,19,32H,3-4,14-15H2,1-2H3,(H,26,31,33)/t19-/m0/s1. The van der Waals surface area contributed by atoms with E-state index in [9.17, 15) is 19.5 Å². The first-order chi connectivity index (χ1) is 16.4. The number of carbonyl (C=O) groups excluding carboxylic acids is 1. The van der Waals surface area contributed by atoms with Crippen LogP contribution in [-0.2, 0) is 11.3 Å². The summed E-state index contributed by atoms with van der Waals surface area (Å²) in [6, 6.07) is 15.9. The maximum absolute atomic E-state index is 12.8. The maximum Gasteiger partial charge on any atom is 0.331 e. The number of hydrogen-bond donors (Lipinski definition) is 2. The Bertz CT molecular complexity index is 1340. The molecule has 9 heteroatoms. The highest BCUT2D eigenvalue weighted by Crippen LogP contribution is 2.38. The van der Waals surface area contributed by atoms with E-state index >= 15 is 0 Å². The number of aromatic nitrogens is 2. The molecule has 9 nitrogen and oxygen atoms in total. The van der Waals surface area contributed by atoms with Crippen molar-refractivity contribution in [2.24, 2.45) is 5.10 Å². The van der Waals surface area contributed by atoms with Crippen molar-refractivity contribution in [1.29, 1.82) is 0 Å². The van der Waals surface area contributed by atoms with Crippen LogP contribution in [0.1, 0.15) is 49.4 Å². The predicted molar refractivity (Wildman–Crippen MR) is 127 cm³/mol. The van der Waals surface area contributed by atoms with E-state index in [-0.39, 0.29) is 36.6 Å². The van der Waals surface area contributed by atoms with Crippen molar-refractivity contribution in [2.45, 2.75) is 39.3 Å². The number of ether oxygens (including phenoxy) is 1. The third-order valence-electron chi connectivity index (χ3n) is 5.69. The first-order valence-electron chi connectivity index (χ1n) is 11.2. The van der Waals surface area contributed by atoms with Crippen LogP contribution < -0.4 is 16.0 Å². The quantitative estimate of drug-likeness (QED) is 0.560. The van der Waals surface area contributed by atoms with Gasteiger partial charge in [-0.1, -0.05) is 55.5 Å². The van der Waals surface area contributed by atoms with E-state index in [2.05, 4.69) is 10.1 Å². The van der Waals surface area contributed by atoms with Gasteiger partial charge in [0.2, 0.25) is 11.8 Å². The summed E-state index contributed by atoms with van der Waals surface area (Å²) in [7, 11) is 0. The van der Waals surface area contributed by atoms with E-state index in [0.29, 0.717) is 12.4 Å². The van der Waals surface area contributed by atoms with Crippen LogP contribution in [0.3, 0.4) is 0 Å². The van der Waals surface area contributed by atoms with Crippen LogP contribution in [0.5, 0.6) is 11.6 Å². The van der Waals surface area contributed by atoms with E-state index in [0.717, 1.165) is 15.7 Å². The minimum Gasteiger partial charge on any atom is -0.494 e. The first kappa shape index (κ1) is 23.0. The minimum absolute atomic E-state index is 0.0662. The molecule has 34 heavy (non-hydrogen) atoms. The summed E-state index contributed by atoms with van der Waals surface area (Å²) < 4.78 is 6.83. The van der Waals surface area contributed by atoms with Crippen molar-refractivity contribution in [3.8, 4) is 11.6 Å². The van der Waals surface area contributed by atoms with Gasteiger partial charge in [-0.05, 0) is 18.6 Å². The van der Waals surface area contributed by atoms with Crippen molar-refractivity contribution in [3.63, 3.8) is 0 Å². The van der Waals surface area contributed by atoms with Crippen LogP contribution in [0.4, 0.5) is 0 Å². The Labute approximate surface area is 195 Å². The first-order valence-corrected chi connectivity index (χ1v) is 11.2. The van der Waals surface area contributed by atoms with Gasteiger partial charge in [-0.25, -0.2) is 9.80 Å². The normalized spacial score (nSPS) is 15.3. The van der Waals surface area contributed by atoms with E-state index in [1.165, 1.54) is 5.01 Å². The second kappa shape index (κ2) is 9.78. The molecule has 0 aliphatic carbocycles. The molecule has 2 aromatic carbocycles. The monoisotopic (exact) mass is 462 g/mol. The minimum atomic E-state index is -0.756. The highest BCUT2D eigenvalue weighted by molar-refractivity contribution is 6.04. The van der Waals surface area contributed by atoms with Crippen molar-refractivity contribution in [3.05, 3.63) is 92.1 Å². The zero-order chi connectivity index (χ0) is 24.2. The summed E-state index contributed by atoms with van der Waals surface area (Å²) in [6.07, 6.45) is 0.385. The molecule has 2 N–H and O–H groups in total. The highest BCUT2D eigenvalue weighted by atomic mass is 16.5. The number of benzene rings is 2. The van der Waals surface area contributed by atoms with Gasteiger partial charge in [-0.15, -0.1) is 0 Å². The Morgan fingerprint density at radius 3 is 2.53 bits per heavy atom. The summed E-state index contributed by atoms with van der Waals surface area (Å²) in [6.45, 7) is 4.11. The fourth-order valence-corrected chi connectivity index (χ4v) is 4.07. The zero-order valence-corrected chi connectivity index (χ0v) is 19.0. The van der Waals surface area contributed by atoms with Gasteiger partial charge in [0.05, 0.1) is 24.9 Å². The van der Waals surface area contributed by atoms with Crippen LogP contribution in [-0.4, -0.2) is 37.9 Å². The molecular weight excluding hydrogens is 436 g/mol. The van der Waals surface area contributed by atoms with Crippen LogP contribution in [0.2, 0.25) is 0 Å². The Morgan fingerprint density at radius 2 is 1.82 bits per heavy atom. The fourth-order valence-electron chi connectivity index (χ4n) is 4.07. The molecular formula is C25H26N4O5. The molecule has 4 rings (SSSR count). The molecule has 0 saturated carbocycles. The predicted octanol–water partition coefficient (Wildman–Crippen LogP) is 2.78. The highest BCUT2D eigenvalue weighted by Gasteiger charge is 2.36. The van der Waals surface area contributed by atoms with Crippen molar-refractivity contribution in [1.82, 2.24) is 14.6 Å². The third kappa shape index (κ3) is 4.36. The summed E-state index contributed by atoms with van der Waals surface area (Å²) in [5.74, 6) is -0.105. The zero-order valence-electron chi connectivity index (χ0n) is 19.0. The molecule has 1 aromatic heterocycles. The summed E-state index contributed by atoms with van der Waals surface area (Å²) in [5.41, 5.74) is 0.136. The van der Waals surface area contributed by atoms with Gasteiger partial charge in [0.15, 0.2) is 0 Å². The molecule has 1 atom stereocenters. The number of hydrazone groups is 1. The molecule has 0 fully saturated rings. The summed E-state index contributed by atoms with van der Waals surface area (Å²) in [4.78, 5) is 40.3. The van der Waals surface area contributed by atoms with Gasteiger partial charge in [0.1, 0.15) is 11.3 Å². The molecule has 1 aliphatic rings. The Balaban J connectivity index is 1.79. The molecule has 0 radical (unpaired) electrons. The number of carbonyl (C=O) groups is 1. The molecule has 2 heterocycles. The smallest absolute Gasteiger partial charge is 0.331 e. The van der Waals surface area contributed by atoms with E-state index in [4.69, 9.17) is 4.74 Å². The average Bonchev–Trinajstić information content (AvgIpc) is 3.27. The molecule has 0 saturated heterocycles. The maximum atomic E-state index is 12.8. The molecule has 1 amide bonds. The average molecular weight is 463 g/mol. The van der Waals surface area contributed by atoms with Crippen molar-refractivity contribution >= 4 is 11.6 Å². The third-order valence-corrected chi connectivity index (χ3v) is 5.69. The lowest BCUT2D eigenvalue weighted by Gasteiger charge is -2.23. The number of nitrogens with one attached hydrogen (secondary N) is 1. The lowest BCUT2D eigenvalue weighted by atomic mass is 9.98. The number of aromatic amines is 1. The summed E-state index contributed by atoms with van der Waals surface area (Å²) in [5, 5.41) is 16.8. The second-order valence-corrected chi connectivity index (χ2v) is 7.86. The lowest BCUT2D eigenvalue weighted by molar-refractivity contribution is -0.132. The number of amides is 1. The molecule has 0 bridgehead atoms. The lowest BCUT2D eigenvalue weighted by Crippen LogP contribution is -2.34. The summed E-state index contributed by atoms with van der Waals surface area (Å²) >= 11 is 0. The van der Waals surface area contributed by atoms with E-state index < -0.39 is 23.2 Å². The van der Waals surface area contributed by atoms with Crippen LogP contribution in [0.25, 0.3) is 0 Å². The molecule has 0 unspecified atom stereocenters. The van der Waals surface area contributed by atoms with E-state index in [1.54, 1.807) is 6.92 Å². The van der Waals surface area contributed by atoms with Gasteiger partial charge in [0, 0.05) is 18.4 Å². The number of aromatic hydroxyl groups is 1. The Morgan fingerprint density at radius 1 is 1.12 bits per heavy atom. The SMILES string of the molecule is CCOc1ccccc1[C@@H]1CC(c2c(O)n(Cc3ccccc3)c(=O)[nH]c2=O)=NN1C(=O)CC. The van der Waals surface area contributed by atoms with Gasteiger partial charge >= 0.3 is 5.69 Å². The largest absolute Gasteiger partial charge is 0.494 e. The number of H-pyrrole nitrogens is 1. The fraction of sp³-hybridized carbons (Fsp3) is 0.280.